The maximum atomic E-state index is 13.0. The van der Waals surface area contributed by atoms with E-state index >= 15 is 0 Å². The van der Waals surface area contributed by atoms with E-state index < -0.39 is 0 Å². The second kappa shape index (κ2) is 7.91. The molecule has 0 unspecified atom stereocenters. The standard InChI is InChI=1S/C22H25NO4/c1-16-6-9-19(10-7-16)25-14-22(24)23(18-4-2-3-5-18)13-17-8-11-20-21(12-17)27-15-26-20/h6-12,18H,2-5,13-15H2,1H3. The lowest BCUT2D eigenvalue weighted by atomic mass is 10.1. The molecule has 0 N–H and O–H groups in total. The summed E-state index contributed by atoms with van der Waals surface area (Å²) in [7, 11) is 0. The predicted octanol–water partition coefficient (Wildman–Crippen LogP) is 4.07. The van der Waals surface area contributed by atoms with Crippen LogP contribution in [0, 0.1) is 6.92 Å². The van der Waals surface area contributed by atoms with Gasteiger partial charge in [0.1, 0.15) is 5.75 Å². The van der Waals surface area contributed by atoms with Gasteiger partial charge in [-0.2, -0.15) is 0 Å². The van der Waals surface area contributed by atoms with E-state index in [1.807, 2.05) is 54.3 Å². The number of nitrogens with zero attached hydrogens (tertiary/aromatic N) is 1. The van der Waals surface area contributed by atoms with Crippen LogP contribution in [0.1, 0.15) is 36.8 Å². The fourth-order valence-corrected chi connectivity index (χ4v) is 3.74. The fraction of sp³-hybridized carbons (Fsp3) is 0.409. The smallest absolute Gasteiger partial charge is 0.261 e. The number of rotatable bonds is 6. The molecule has 1 amide bonds. The molecule has 0 spiro atoms. The molecule has 2 aliphatic rings. The summed E-state index contributed by atoms with van der Waals surface area (Å²) in [6, 6.07) is 14.0. The van der Waals surface area contributed by atoms with Gasteiger partial charge in [-0.1, -0.05) is 36.6 Å². The third-order valence-electron chi connectivity index (χ3n) is 5.26. The number of fused-ring (bicyclic) bond motifs is 1. The highest BCUT2D eigenvalue weighted by Crippen LogP contribution is 2.33. The molecule has 4 rings (SSSR count). The second-order valence-electron chi connectivity index (χ2n) is 7.25. The zero-order valence-corrected chi connectivity index (χ0v) is 15.6. The van der Waals surface area contributed by atoms with Crippen molar-refractivity contribution in [1.29, 1.82) is 0 Å². The van der Waals surface area contributed by atoms with Crippen LogP contribution in [0.25, 0.3) is 0 Å². The SMILES string of the molecule is Cc1ccc(OCC(=O)N(Cc2ccc3c(c2)OCO3)C2CCCC2)cc1. The highest BCUT2D eigenvalue weighted by atomic mass is 16.7. The van der Waals surface area contributed by atoms with E-state index in [4.69, 9.17) is 14.2 Å². The molecule has 5 heteroatoms. The van der Waals surface area contributed by atoms with Crippen LogP contribution in [0.15, 0.2) is 42.5 Å². The average Bonchev–Trinajstić information content (AvgIpc) is 3.36. The molecule has 0 atom stereocenters. The van der Waals surface area contributed by atoms with Crippen LogP contribution in [0.2, 0.25) is 0 Å². The monoisotopic (exact) mass is 367 g/mol. The van der Waals surface area contributed by atoms with E-state index in [-0.39, 0.29) is 25.3 Å². The Hall–Kier alpha value is -2.69. The van der Waals surface area contributed by atoms with E-state index in [0.29, 0.717) is 6.54 Å². The molecule has 5 nitrogen and oxygen atoms in total. The van der Waals surface area contributed by atoms with Crippen LogP contribution in [-0.2, 0) is 11.3 Å². The van der Waals surface area contributed by atoms with Crippen molar-refractivity contribution in [3.8, 4) is 17.2 Å². The van der Waals surface area contributed by atoms with Crippen LogP contribution in [0.3, 0.4) is 0 Å². The van der Waals surface area contributed by atoms with Gasteiger partial charge in [-0.05, 0) is 49.6 Å². The summed E-state index contributed by atoms with van der Waals surface area (Å²) < 4.78 is 16.6. The lowest BCUT2D eigenvalue weighted by Gasteiger charge is -2.29. The fourth-order valence-electron chi connectivity index (χ4n) is 3.74. The number of carbonyl (C=O) groups excluding carboxylic acids is 1. The Labute approximate surface area is 159 Å². The number of ether oxygens (including phenoxy) is 3. The van der Waals surface area contributed by atoms with E-state index in [2.05, 4.69) is 0 Å². The second-order valence-corrected chi connectivity index (χ2v) is 7.25. The molecule has 0 radical (unpaired) electrons. The highest BCUT2D eigenvalue weighted by molar-refractivity contribution is 5.78. The zero-order chi connectivity index (χ0) is 18.6. The van der Waals surface area contributed by atoms with Crippen LogP contribution >= 0.6 is 0 Å². The molecule has 0 aromatic heterocycles. The third kappa shape index (κ3) is 4.18. The number of hydrogen-bond donors (Lipinski definition) is 0. The zero-order valence-electron chi connectivity index (χ0n) is 15.6. The number of hydrogen-bond acceptors (Lipinski definition) is 4. The van der Waals surface area contributed by atoms with Gasteiger partial charge in [-0.15, -0.1) is 0 Å². The van der Waals surface area contributed by atoms with Gasteiger partial charge in [0.05, 0.1) is 0 Å². The molecule has 2 aromatic rings. The topological polar surface area (TPSA) is 48.0 Å². The Bertz CT molecular complexity index is 796. The average molecular weight is 367 g/mol. The Kier molecular flexibility index (Phi) is 5.19. The number of aryl methyl sites for hydroxylation is 1. The van der Waals surface area contributed by atoms with Crippen molar-refractivity contribution >= 4 is 5.91 Å². The first-order chi connectivity index (χ1) is 13.2. The molecule has 1 heterocycles. The normalized spacial score (nSPS) is 15.7. The van der Waals surface area contributed by atoms with Crippen LogP contribution in [0.4, 0.5) is 0 Å². The van der Waals surface area contributed by atoms with E-state index in [0.717, 1.165) is 35.7 Å². The molecular formula is C22H25NO4. The predicted molar refractivity (Wildman–Crippen MR) is 102 cm³/mol. The summed E-state index contributed by atoms with van der Waals surface area (Å²) in [5.74, 6) is 2.27. The molecule has 2 aromatic carbocycles. The molecular weight excluding hydrogens is 342 g/mol. The van der Waals surface area contributed by atoms with Gasteiger partial charge in [-0.25, -0.2) is 0 Å². The molecule has 0 saturated heterocycles. The molecule has 1 aliphatic carbocycles. The van der Waals surface area contributed by atoms with Gasteiger partial charge < -0.3 is 19.1 Å². The third-order valence-corrected chi connectivity index (χ3v) is 5.26. The first-order valence-corrected chi connectivity index (χ1v) is 9.56. The molecule has 27 heavy (non-hydrogen) atoms. The first-order valence-electron chi connectivity index (χ1n) is 9.56. The minimum atomic E-state index is 0.0279. The largest absolute Gasteiger partial charge is 0.484 e. The van der Waals surface area contributed by atoms with Crippen LogP contribution < -0.4 is 14.2 Å². The van der Waals surface area contributed by atoms with Crippen molar-refractivity contribution < 1.29 is 19.0 Å². The quantitative estimate of drug-likeness (QED) is 0.772. The maximum absolute atomic E-state index is 13.0. The summed E-state index contributed by atoms with van der Waals surface area (Å²) >= 11 is 0. The van der Waals surface area contributed by atoms with Gasteiger partial charge in [0, 0.05) is 12.6 Å². The van der Waals surface area contributed by atoms with E-state index in [1.54, 1.807) is 0 Å². The minimum Gasteiger partial charge on any atom is -0.484 e. The summed E-state index contributed by atoms with van der Waals surface area (Å²) in [6.07, 6.45) is 4.46. The Morgan fingerprint density at radius 3 is 2.59 bits per heavy atom. The van der Waals surface area contributed by atoms with Gasteiger partial charge in [0.25, 0.3) is 5.91 Å². The molecule has 142 valence electrons. The lowest BCUT2D eigenvalue weighted by molar-refractivity contribution is -0.136. The molecule has 0 bridgehead atoms. The van der Waals surface area contributed by atoms with Crippen LogP contribution in [-0.4, -0.2) is 30.2 Å². The van der Waals surface area contributed by atoms with Gasteiger partial charge >= 0.3 is 0 Å². The number of benzene rings is 2. The number of carbonyl (C=O) groups is 1. The Balaban J connectivity index is 1.45. The first kappa shape index (κ1) is 17.7. The van der Waals surface area contributed by atoms with Crippen molar-refractivity contribution in [1.82, 2.24) is 4.90 Å². The van der Waals surface area contributed by atoms with Crippen molar-refractivity contribution in [2.75, 3.05) is 13.4 Å². The maximum Gasteiger partial charge on any atom is 0.261 e. The summed E-state index contributed by atoms with van der Waals surface area (Å²) in [6.45, 7) is 2.91. The lowest BCUT2D eigenvalue weighted by Crippen LogP contribution is -2.41. The molecule has 1 aliphatic heterocycles. The Morgan fingerprint density at radius 1 is 1.07 bits per heavy atom. The van der Waals surface area contributed by atoms with Crippen molar-refractivity contribution in [2.24, 2.45) is 0 Å². The van der Waals surface area contributed by atoms with Gasteiger partial charge in [0.2, 0.25) is 6.79 Å². The van der Waals surface area contributed by atoms with Gasteiger partial charge in [-0.3, -0.25) is 4.79 Å². The van der Waals surface area contributed by atoms with Crippen LogP contribution in [0.5, 0.6) is 17.2 Å². The number of amides is 1. The van der Waals surface area contributed by atoms with E-state index in [1.165, 1.54) is 18.4 Å². The van der Waals surface area contributed by atoms with Gasteiger partial charge in [0.15, 0.2) is 18.1 Å². The molecule has 1 saturated carbocycles. The summed E-state index contributed by atoms with van der Waals surface area (Å²) in [5.41, 5.74) is 2.22. The minimum absolute atomic E-state index is 0.0279. The molecule has 1 fully saturated rings. The van der Waals surface area contributed by atoms with Crippen molar-refractivity contribution in [3.05, 3.63) is 53.6 Å². The Morgan fingerprint density at radius 2 is 1.81 bits per heavy atom. The van der Waals surface area contributed by atoms with Crippen molar-refractivity contribution in [3.63, 3.8) is 0 Å². The summed E-state index contributed by atoms with van der Waals surface area (Å²) in [5, 5.41) is 0. The van der Waals surface area contributed by atoms with E-state index in [9.17, 15) is 4.79 Å². The highest BCUT2D eigenvalue weighted by Gasteiger charge is 2.27. The van der Waals surface area contributed by atoms with Crippen molar-refractivity contribution in [2.45, 2.75) is 45.2 Å². The summed E-state index contributed by atoms with van der Waals surface area (Å²) in [4.78, 5) is 14.9.